The molecule has 8 heteroatoms. The van der Waals surface area contributed by atoms with E-state index in [1.165, 1.54) is 4.90 Å². The number of rotatable bonds is 2. The molecule has 1 saturated heterocycles. The van der Waals surface area contributed by atoms with E-state index >= 15 is 0 Å². The summed E-state index contributed by atoms with van der Waals surface area (Å²) >= 11 is 6.35. The predicted octanol–water partition coefficient (Wildman–Crippen LogP) is 5.08. The average molecular weight is 486 g/mol. The lowest BCUT2D eigenvalue weighted by molar-refractivity contribution is -0.120. The fraction of sp³-hybridized carbons (Fsp3) is 0.185. The van der Waals surface area contributed by atoms with Gasteiger partial charge in [-0.2, -0.15) is 0 Å². The largest absolute Gasteiger partial charge is 0.486 e. The van der Waals surface area contributed by atoms with Crippen molar-refractivity contribution in [1.82, 2.24) is 9.88 Å². The first-order valence-corrected chi connectivity index (χ1v) is 11.9. The molecule has 3 aliphatic rings. The number of benzene rings is 3. The van der Waals surface area contributed by atoms with Gasteiger partial charge in [0, 0.05) is 34.1 Å². The van der Waals surface area contributed by atoms with Crippen LogP contribution in [-0.4, -0.2) is 41.1 Å². The Morgan fingerprint density at radius 2 is 1.74 bits per heavy atom. The molecular weight excluding hydrogens is 466 g/mol. The van der Waals surface area contributed by atoms with Gasteiger partial charge in [-0.15, -0.1) is 0 Å². The Morgan fingerprint density at radius 3 is 2.60 bits per heavy atom. The summed E-state index contributed by atoms with van der Waals surface area (Å²) in [5, 5.41) is 1.64. The van der Waals surface area contributed by atoms with Crippen LogP contribution >= 0.6 is 11.6 Å². The molecule has 35 heavy (non-hydrogen) atoms. The number of para-hydroxylation sites is 1. The third-order valence-corrected chi connectivity index (χ3v) is 7.23. The molecule has 0 saturated carbocycles. The van der Waals surface area contributed by atoms with Crippen LogP contribution in [0, 0.1) is 0 Å². The zero-order chi connectivity index (χ0) is 23.7. The maximum absolute atomic E-state index is 13.9. The highest BCUT2D eigenvalue weighted by molar-refractivity contribution is 6.30. The molecule has 0 aliphatic carbocycles. The molecule has 3 aromatic carbocycles. The van der Waals surface area contributed by atoms with Crippen LogP contribution in [0.1, 0.15) is 22.9 Å². The number of urea groups is 1. The highest BCUT2D eigenvalue weighted by Crippen LogP contribution is 2.46. The molecule has 7 rings (SSSR count). The third-order valence-electron chi connectivity index (χ3n) is 7.00. The summed E-state index contributed by atoms with van der Waals surface area (Å²) in [6.07, 6.45) is 0.433. The number of amides is 3. The van der Waals surface area contributed by atoms with Crippen LogP contribution in [0.2, 0.25) is 5.02 Å². The topological polar surface area (TPSA) is 74.9 Å². The Balaban J connectivity index is 1.38. The minimum Gasteiger partial charge on any atom is -0.486 e. The number of aromatic amines is 1. The Kier molecular flexibility index (Phi) is 4.38. The monoisotopic (exact) mass is 485 g/mol. The number of hydrogen-bond donors (Lipinski definition) is 1. The molecule has 1 aromatic heterocycles. The van der Waals surface area contributed by atoms with E-state index in [1.54, 1.807) is 29.2 Å². The first kappa shape index (κ1) is 20.4. The van der Waals surface area contributed by atoms with Crippen LogP contribution in [0.4, 0.5) is 10.5 Å². The predicted molar refractivity (Wildman–Crippen MR) is 131 cm³/mol. The van der Waals surface area contributed by atoms with Crippen molar-refractivity contribution in [3.63, 3.8) is 0 Å². The summed E-state index contributed by atoms with van der Waals surface area (Å²) in [7, 11) is 0. The first-order chi connectivity index (χ1) is 17.1. The molecular formula is C27H20ClN3O4. The van der Waals surface area contributed by atoms with Crippen molar-refractivity contribution in [3.8, 4) is 11.5 Å². The second kappa shape index (κ2) is 7.52. The number of aromatic nitrogens is 1. The van der Waals surface area contributed by atoms with Gasteiger partial charge in [-0.3, -0.25) is 9.69 Å². The fourth-order valence-electron chi connectivity index (χ4n) is 5.51. The second-order valence-electron chi connectivity index (χ2n) is 8.93. The Morgan fingerprint density at radius 1 is 0.914 bits per heavy atom. The van der Waals surface area contributed by atoms with E-state index in [2.05, 4.69) is 11.1 Å². The van der Waals surface area contributed by atoms with Crippen LogP contribution in [0.15, 0.2) is 66.7 Å². The van der Waals surface area contributed by atoms with Crippen LogP contribution in [0.25, 0.3) is 10.9 Å². The summed E-state index contributed by atoms with van der Waals surface area (Å²) < 4.78 is 11.3. The van der Waals surface area contributed by atoms with Gasteiger partial charge in [-0.1, -0.05) is 41.9 Å². The van der Waals surface area contributed by atoms with Crippen molar-refractivity contribution in [2.24, 2.45) is 0 Å². The van der Waals surface area contributed by atoms with E-state index in [0.717, 1.165) is 27.7 Å². The van der Waals surface area contributed by atoms with Gasteiger partial charge in [0.05, 0.1) is 5.69 Å². The van der Waals surface area contributed by atoms with Gasteiger partial charge in [0.1, 0.15) is 25.3 Å². The second-order valence-corrected chi connectivity index (χ2v) is 9.37. The standard InChI is InChI=1S/C27H20ClN3O4/c28-16-5-3-4-15(12-16)25-24-19(18-6-1-2-7-20(18)29-24)14-21-26(32)30(27(33)31(21)25)17-8-9-22-23(13-17)35-11-10-34-22/h1-9,12-13,21,25,29H,10-11,14H2/t21-,25-/m0/s1. The van der Waals surface area contributed by atoms with E-state index < -0.39 is 12.1 Å². The van der Waals surface area contributed by atoms with Crippen LogP contribution < -0.4 is 14.4 Å². The van der Waals surface area contributed by atoms with Crippen molar-refractivity contribution in [1.29, 1.82) is 0 Å². The Labute approximate surface area is 205 Å². The number of carbonyl (C=O) groups excluding carboxylic acids is 2. The number of anilines is 1. The maximum Gasteiger partial charge on any atom is 0.332 e. The van der Waals surface area contributed by atoms with Crippen molar-refractivity contribution in [2.45, 2.75) is 18.5 Å². The lowest BCUT2D eigenvalue weighted by Gasteiger charge is -2.36. The van der Waals surface area contributed by atoms with Gasteiger partial charge in [-0.05, 0) is 41.5 Å². The van der Waals surface area contributed by atoms with Crippen LogP contribution in [0.3, 0.4) is 0 Å². The molecule has 4 heterocycles. The van der Waals surface area contributed by atoms with Gasteiger partial charge in [0.25, 0.3) is 5.91 Å². The first-order valence-electron chi connectivity index (χ1n) is 11.5. The lowest BCUT2D eigenvalue weighted by atomic mass is 9.89. The normalized spacial score (nSPS) is 20.8. The van der Waals surface area contributed by atoms with E-state index in [1.807, 2.05) is 36.4 Å². The Hall–Kier alpha value is -3.97. The van der Waals surface area contributed by atoms with E-state index in [-0.39, 0.29) is 11.9 Å². The van der Waals surface area contributed by atoms with Gasteiger partial charge >= 0.3 is 6.03 Å². The molecule has 7 nitrogen and oxygen atoms in total. The van der Waals surface area contributed by atoms with Crippen molar-refractivity contribution in [2.75, 3.05) is 18.1 Å². The van der Waals surface area contributed by atoms with Crippen molar-refractivity contribution < 1.29 is 19.1 Å². The number of ether oxygens (including phenoxy) is 2. The number of nitrogens with zero attached hydrogens (tertiary/aromatic N) is 2. The van der Waals surface area contributed by atoms with Gasteiger partial charge in [-0.25, -0.2) is 9.69 Å². The molecule has 1 fully saturated rings. The highest BCUT2D eigenvalue weighted by atomic mass is 35.5. The van der Waals surface area contributed by atoms with Gasteiger partial charge in [0.2, 0.25) is 0 Å². The SMILES string of the molecule is O=C1[C@@H]2Cc3c([nH]c4ccccc34)[C@H](c3cccc(Cl)c3)N2C(=O)N1c1ccc2c(c1)OCCO2. The zero-order valence-electron chi connectivity index (χ0n) is 18.5. The molecule has 1 N–H and O–H groups in total. The number of halogens is 1. The molecule has 0 unspecified atom stereocenters. The van der Waals surface area contributed by atoms with E-state index in [9.17, 15) is 9.59 Å². The fourth-order valence-corrected chi connectivity index (χ4v) is 5.71. The molecule has 0 bridgehead atoms. The smallest absolute Gasteiger partial charge is 0.332 e. The molecule has 3 aliphatic heterocycles. The van der Waals surface area contributed by atoms with Crippen LogP contribution in [0.5, 0.6) is 11.5 Å². The minimum absolute atomic E-state index is 0.255. The molecule has 2 atom stereocenters. The summed E-state index contributed by atoms with van der Waals surface area (Å²) in [4.78, 5) is 34.2. The van der Waals surface area contributed by atoms with E-state index in [0.29, 0.717) is 41.8 Å². The lowest BCUT2D eigenvalue weighted by Crippen LogP contribution is -2.44. The maximum atomic E-state index is 13.9. The number of carbonyl (C=O) groups is 2. The molecule has 174 valence electrons. The zero-order valence-corrected chi connectivity index (χ0v) is 19.3. The number of hydrogen-bond acceptors (Lipinski definition) is 4. The number of nitrogens with one attached hydrogen (secondary N) is 1. The molecule has 0 radical (unpaired) electrons. The van der Waals surface area contributed by atoms with Crippen molar-refractivity contribution in [3.05, 3.63) is 88.6 Å². The number of H-pyrrole nitrogens is 1. The number of imide groups is 1. The summed E-state index contributed by atoms with van der Waals surface area (Å²) in [5.41, 5.74) is 4.26. The minimum atomic E-state index is -0.633. The van der Waals surface area contributed by atoms with Gasteiger partial charge < -0.3 is 14.5 Å². The average Bonchev–Trinajstić information content (AvgIpc) is 3.37. The summed E-state index contributed by atoms with van der Waals surface area (Å²) in [5.74, 6) is 0.881. The molecule has 0 spiro atoms. The highest BCUT2D eigenvalue weighted by Gasteiger charge is 2.53. The Bertz CT molecular complexity index is 1530. The molecule has 3 amide bonds. The van der Waals surface area contributed by atoms with Crippen LogP contribution in [-0.2, 0) is 11.2 Å². The van der Waals surface area contributed by atoms with Crippen molar-refractivity contribution >= 4 is 40.1 Å². The molecule has 4 aromatic rings. The van der Waals surface area contributed by atoms with Gasteiger partial charge in [0.15, 0.2) is 11.5 Å². The summed E-state index contributed by atoms with van der Waals surface area (Å²) in [6.45, 7) is 0.891. The van der Waals surface area contributed by atoms with E-state index in [4.69, 9.17) is 21.1 Å². The quantitative estimate of drug-likeness (QED) is 0.402. The summed E-state index contributed by atoms with van der Waals surface area (Å²) in [6, 6.07) is 19.2. The number of fused-ring (bicyclic) bond motifs is 5. The third kappa shape index (κ3) is 2.98.